The van der Waals surface area contributed by atoms with Gasteiger partial charge in [-0.3, -0.25) is 0 Å². The third-order valence-electron chi connectivity index (χ3n) is 4.09. The summed E-state index contributed by atoms with van der Waals surface area (Å²) in [6.45, 7) is 14.1. The average Bonchev–Trinajstić information content (AvgIpc) is 2.60. The second-order valence-corrected chi connectivity index (χ2v) is 10.1. The van der Waals surface area contributed by atoms with E-state index < -0.39 is 11.0 Å². The third kappa shape index (κ3) is 8.56. The molecule has 2 rings (SSSR count). The predicted molar refractivity (Wildman–Crippen MR) is 119 cm³/mol. The lowest BCUT2D eigenvalue weighted by Gasteiger charge is -2.22. The van der Waals surface area contributed by atoms with Crippen molar-refractivity contribution in [3.63, 3.8) is 0 Å². The molecule has 0 amide bonds. The molecular formula is C22H33ClN2OS. The first-order chi connectivity index (χ1) is 12.5. The van der Waals surface area contributed by atoms with Crippen LogP contribution in [-0.4, -0.2) is 8.96 Å². The number of hydrogen-bond acceptors (Lipinski definition) is 2. The molecule has 27 heavy (non-hydrogen) atoms. The summed E-state index contributed by atoms with van der Waals surface area (Å²) in [6.07, 6.45) is 0. The molecule has 0 saturated heterocycles. The van der Waals surface area contributed by atoms with Crippen molar-refractivity contribution < 1.29 is 4.21 Å². The second-order valence-electron chi connectivity index (χ2n) is 7.88. The summed E-state index contributed by atoms with van der Waals surface area (Å²) < 4.78 is 14.8. The highest BCUT2D eigenvalue weighted by atomic mass is 35.5. The van der Waals surface area contributed by atoms with Crippen molar-refractivity contribution in [1.82, 2.24) is 9.56 Å². The maximum Gasteiger partial charge on any atom is 0.0975 e. The molecule has 5 heteroatoms. The Labute approximate surface area is 172 Å². The van der Waals surface area contributed by atoms with Crippen LogP contribution in [0.5, 0.6) is 0 Å². The normalized spacial score (nSPS) is 14.7. The zero-order valence-electron chi connectivity index (χ0n) is 17.5. The summed E-state index contributed by atoms with van der Waals surface area (Å²) in [5.74, 6) is 0. The van der Waals surface area contributed by atoms with Crippen molar-refractivity contribution in [1.29, 1.82) is 0 Å². The van der Waals surface area contributed by atoms with E-state index in [0.717, 1.165) is 0 Å². The van der Waals surface area contributed by atoms with Gasteiger partial charge in [-0.05, 0) is 71.4 Å². The van der Waals surface area contributed by atoms with Crippen molar-refractivity contribution in [3.05, 3.63) is 70.8 Å². The Morgan fingerprint density at radius 3 is 1.70 bits per heavy atom. The molecule has 0 aliphatic heterocycles. The highest BCUT2D eigenvalue weighted by Crippen LogP contribution is 2.17. The Balaban J connectivity index is 0.000000289. The number of aryl methyl sites for hydroxylation is 2. The molecule has 0 spiro atoms. The van der Waals surface area contributed by atoms with Crippen LogP contribution in [0.1, 0.15) is 69.0 Å². The first-order valence-electron chi connectivity index (χ1n) is 9.22. The highest BCUT2D eigenvalue weighted by molar-refractivity contribution is 7.84. The van der Waals surface area contributed by atoms with Gasteiger partial charge in [-0.25, -0.2) is 13.8 Å². The lowest BCUT2D eigenvalue weighted by Crippen LogP contribution is -2.34. The van der Waals surface area contributed by atoms with Gasteiger partial charge in [0, 0.05) is 12.1 Å². The lowest BCUT2D eigenvalue weighted by molar-refractivity contribution is 0.616. The molecule has 0 aliphatic carbocycles. The molecule has 0 fully saturated rings. The summed E-state index contributed by atoms with van der Waals surface area (Å²) in [4.78, 5) is 2.68. The van der Waals surface area contributed by atoms with E-state index in [4.69, 9.17) is 11.8 Å². The zero-order chi connectivity index (χ0) is 20.6. The third-order valence-corrected chi connectivity index (χ3v) is 6.10. The van der Waals surface area contributed by atoms with Crippen LogP contribution in [0.25, 0.3) is 0 Å². The van der Waals surface area contributed by atoms with Crippen molar-refractivity contribution in [2.75, 3.05) is 0 Å². The molecule has 2 aromatic carbocycles. The van der Waals surface area contributed by atoms with Crippen LogP contribution in [0.15, 0.2) is 48.5 Å². The highest BCUT2D eigenvalue weighted by Gasteiger charge is 2.21. The van der Waals surface area contributed by atoms with Crippen LogP contribution >= 0.6 is 11.8 Å². The minimum atomic E-state index is -1.02. The molecule has 0 aromatic heterocycles. The van der Waals surface area contributed by atoms with Gasteiger partial charge in [0.2, 0.25) is 0 Å². The van der Waals surface area contributed by atoms with E-state index in [1.807, 2.05) is 46.8 Å². The first kappa shape index (κ1) is 23.8. The van der Waals surface area contributed by atoms with Crippen LogP contribution in [0, 0.1) is 13.8 Å². The molecule has 0 heterocycles. The van der Waals surface area contributed by atoms with Crippen LogP contribution in [0.3, 0.4) is 0 Å². The van der Waals surface area contributed by atoms with Crippen molar-refractivity contribution in [3.8, 4) is 0 Å². The van der Waals surface area contributed by atoms with Crippen molar-refractivity contribution in [2.45, 2.75) is 65.3 Å². The molecule has 2 aromatic rings. The van der Waals surface area contributed by atoms with Gasteiger partial charge in [-0.1, -0.05) is 59.7 Å². The Morgan fingerprint density at radius 1 is 0.889 bits per heavy atom. The molecule has 3 nitrogen and oxygen atoms in total. The monoisotopic (exact) mass is 408 g/mol. The minimum absolute atomic E-state index is 0.111. The van der Waals surface area contributed by atoms with Gasteiger partial charge in [0.05, 0.1) is 15.7 Å². The van der Waals surface area contributed by atoms with Gasteiger partial charge in [0.25, 0.3) is 0 Å². The second kappa shape index (κ2) is 11.0. The standard InChI is InChI=1S/C13H21NOS.C9H12ClN/c1-10-7-6-8-12(9-10)11(2)14-16(15)13(3,4)5;1-7-4-3-5-9(6-7)8(2)11-10/h6-9,11,14H,1-5H3;3-6,8,11H,1-2H3/t11-,16+;8-/m00/s1. The molecule has 3 atom stereocenters. The quantitative estimate of drug-likeness (QED) is 0.604. The molecule has 0 radical (unpaired) electrons. The summed E-state index contributed by atoms with van der Waals surface area (Å²) in [6, 6.07) is 16.9. The van der Waals surface area contributed by atoms with E-state index in [2.05, 4.69) is 59.8 Å². The molecule has 150 valence electrons. The van der Waals surface area contributed by atoms with Crippen molar-refractivity contribution >= 4 is 22.8 Å². The van der Waals surface area contributed by atoms with Crippen LogP contribution in [0.4, 0.5) is 0 Å². The number of hydrogen-bond donors (Lipinski definition) is 2. The fourth-order valence-electron chi connectivity index (χ4n) is 2.35. The Kier molecular flexibility index (Phi) is 9.68. The molecule has 0 saturated carbocycles. The predicted octanol–water partition coefficient (Wildman–Crippen LogP) is 5.91. The van der Waals surface area contributed by atoms with E-state index in [9.17, 15) is 4.21 Å². The van der Waals surface area contributed by atoms with E-state index in [1.165, 1.54) is 22.3 Å². The number of nitrogens with one attached hydrogen (secondary N) is 2. The van der Waals surface area contributed by atoms with Gasteiger partial charge in [-0.2, -0.15) is 0 Å². The molecule has 0 bridgehead atoms. The van der Waals surface area contributed by atoms with Crippen LogP contribution in [0.2, 0.25) is 0 Å². The van der Waals surface area contributed by atoms with E-state index in [-0.39, 0.29) is 16.8 Å². The summed E-state index contributed by atoms with van der Waals surface area (Å²) in [5, 5.41) is 0. The maximum atomic E-state index is 11.9. The minimum Gasteiger partial charge on any atom is -0.242 e. The topological polar surface area (TPSA) is 41.1 Å². The average molecular weight is 409 g/mol. The van der Waals surface area contributed by atoms with Gasteiger partial charge in [-0.15, -0.1) is 0 Å². The van der Waals surface area contributed by atoms with E-state index >= 15 is 0 Å². The SMILES string of the molecule is Cc1cccc([C@H](C)NCl)c1.Cc1cccc([C@H](C)N[S@](=O)C(C)(C)C)c1. The fraction of sp³-hybridized carbons (Fsp3) is 0.455. The molecule has 2 N–H and O–H groups in total. The lowest BCUT2D eigenvalue weighted by atomic mass is 10.1. The van der Waals surface area contributed by atoms with Gasteiger partial charge in [0.15, 0.2) is 0 Å². The number of halogens is 1. The molecule has 0 aliphatic rings. The molecule has 0 unspecified atom stereocenters. The maximum absolute atomic E-state index is 11.9. The largest absolute Gasteiger partial charge is 0.242 e. The Morgan fingerprint density at radius 2 is 1.33 bits per heavy atom. The van der Waals surface area contributed by atoms with E-state index in [1.54, 1.807) is 0 Å². The van der Waals surface area contributed by atoms with Gasteiger partial charge < -0.3 is 0 Å². The van der Waals surface area contributed by atoms with Crippen LogP contribution in [-0.2, 0) is 11.0 Å². The van der Waals surface area contributed by atoms with Crippen molar-refractivity contribution in [2.24, 2.45) is 0 Å². The summed E-state index contributed by atoms with van der Waals surface area (Å²) in [5.41, 5.74) is 4.89. The Hall–Kier alpha value is -1.20. The van der Waals surface area contributed by atoms with Crippen LogP contribution < -0.4 is 9.56 Å². The number of benzene rings is 2. The summed E-state index contributed by atoms with van der Waals surface area (Å²) >= 11 is 5.49. The van der Waals surface area contributed by atoms with Gasteiger partial charge >= 0.3 is 0 Å². The van der Waals surface area contributed by atoms with E-state index in [0.29, 0.717) is 0 Å². The Bertz CT molecular complexity index is 743. The smallest absolute Gasteiger partial charge is 0.0975 e. The molecular weight excluding hydrogens is 376 g/mol. The first-order valence-corrected chi connectivity index (χ1v) is 10.7. The number of rotatable bonds is 5. The summed E-state index contributed by atoms with van der Waals surface area (Å²) in [7, 11) is -1.02. The zero-order valence-corrected chi connectivity index (χ0v) is 19.0. The van der Waals surface area contributed by atoms with Gasteiger partial charge in [0.1, 0.15) is 0 Å². The fourth-order valence-corrected chi connectivity index (χ4v) is 3.28.